The molecule has 3 aromatic rings. The van der Waals surface area contributed by atoms with E-state index in [2.05, 4.69) is 15.3 Å². The average molecular weight is 487 g/mol. The second-order valence-corrected chi connectivity index (χ2v) is 8.79. The first-order chi connectivity index (χ1) is 15.3. The number of anilines is 3. The molecule has 1 aromatic heterocycles. The predicted molar refractivity (Wildman–Crippen MR) is 113 cm³/mol. The van der Waals surface area contributed by atoms with E-state index in [1.807, 2.05) is 6.92 Å². The van der Waals surface area contributed by atoms with Gasteiger partial charge in [0, 0.05) is 17.8 Å². The van der Waals surface area contributed by atoms with Crippen LogP contribution >= 0.6 is 0 Å². The van der Waals surface area contributed by atoms with E-state index in [1.165, 1.54) is 0 Å². The predicted octanol–water partition coefficient (Wildman–Crippen LogP) is 4.05. The standard InChI is InChI=1S/C20H18F5N5O2S/c1-2-15-16(18(26)30-19(27)29-15)11-3-5-12(6-4-11)28-9-10-7-13(21)17(14(22)8-10)33(31,32)20(23,24)25/h3-8,28H,2,9H2,1H3,(H4,26,27,29,30). The number of aromatic nitrogens is 2. The molecule has 0 saturated heterocycles. The van der Waals surface area contributed by atoms with Crippen molar-refractivity contribution in [1.29, 1.82) is 0 Å². The molecule has 0 aliphatic carbocycles. The first-order valence-electron chi connectivity index (χ1n) is 9.40. The van der Waals surface area contributed by atoms with Crippen LogP contribution in [0.4, 0.5) is 39.4 Å². The third-order valence-electron chi connectivity index (χ3n) is 4.67. The Bertz CT molecular complexity index is 1270. The molecule has 0 bridgehead atoms. The zero-order chi connectivity index (χ0) is 24.6. The molecule has 0 saturated carbocycles. The highest BCUT2D eigenvalue weighted by molar-refractivity contribution is 7.92. The number of benzene rings is 2. The number of nitrogens with one attached hydrogen (secondary N) is 1. The molecule has 0 unspecified atom stereocenters. The summed E-state index contributed by atoms with van der Waals surface area (Å²) < 4.78 is 88.8. The summed E-state index contributed by atoms with van der Waals surface area (Å²) in [5.41, 5.74) is 8.15. The van der Waals surface area contributed by atoms with E-state index in [0.717, 1.165) is 0 Å². The largest absolute Gasteiger partial charge is 0.502 e. The summed E-state index contributed by atoms with van der Waals surface area (Å²) >= 11 is 0. The number of nitrogen functional groups attached to an aromatic ring is 2. The van der Waals surface area contributed by atoms with E-state index < -0.39 is 31.9 Å². The third kappa shape index (κ3) is 4.82. The molecule has 176 valence electrons. The van der Waals surface area contributed by atoms with Gasteiger partial charge in [-0.15, -0.1) is 0 Å². The number of halogens is 5. The van der Waals surface area contributed by atoms with Crippen molar-refractivity contribution in [2.45, 2.75) is 30.3 Å². The second kappa shape index (κ2) is 8.81. The van der Waals surface area contributed by atoms with E-state index in [0.29, 0.717) is 41.1 Å². The quantitative estimate of drug-likeness (QED) is 0.448. The number of aryl methyl sites for hydroxylation is 1. The van der Waals surface area contributed by atoms with Crippen LogP contribution in [-0.2, 0) is 22.8 Å². The third-order valence-corrected chi connectivity index (χ3v) is 6.20. The summed E-state index contributed by atoms with van der Waals surface area (Å²) in [4.78, 5) is 6.10. The Labute approximate surface area is 185 Å². The van der Waals surface area contributed by atoms with Gasteiger partial charge < -0.3 is 16.8 Å². The lowest BCUT2D eigenvalue weighted by molar-refractivity contribution is -0.0439. The van der Waals surface area contributed by atoms with Gasteiger partial charge in [0.05, 0.1) is 5.69 Å². The van der Waals surface area contributed by atoms with Crippen molar-refractivity contribution in [3.63, 3.8) is 0 Å². The first kappa shape index (κ1) is 24.2. The van der Waals surface area contributed by atoms with Crippen LogP contribution in [0, 0.1) is 11.6 Å². The Morgan fingerprint density at radius 3 is 2.09 bits per heavy atom. The maximum absolute atomic E-state index is 14.1. The molecule has 3 rings (SSSR count). The molecule has 0 spiro atoms. The maximum atomic E-state index is 14.1. The van der Waals surface area contributed by atoms with Crippen molar-refractivity contribution in [2.75, 3.05) is 16.8 Å². The molecule has 7 nitrogen and oxygen atoms in total. The molecule has 0 amide bonds. The van der Waals surface area contributed by atoms with Crippen molar-refractivity contribution >= 4 is 27.3 Å². The highest BCUT2D eigenvalue weighted by atomic mass is 32.2. The average Bonchev–Trinajstić information content (AvgIpc) is 2.70. The van der Waals surface area contributed by atoms with E-state index in [4.69, 9.17) is 11.5 Å². The summed E-state index contributed by atoms with van der Waals surface area (Å²) in [6, 6.07) is 7.74. The summed E-state index contributed by atoms with van der Waals surface area (Å²) in [6.07, 6.45) is 0.559. The molecule has 13 heteroatoms. The van der Waals surface area contributed by atoms with Gasteiger partial charge in [-0.3, -0.25) is 0 Å². The molecule has 2 aromatic carbocycles. The van der Waals surface area contributed by atoms with Gasteiger partial charge >= 0.3 is 5.51 Å². The highest BCUT2D eigenvalue weighted by Crippen LogP contribution is 2.34. The molecule has 0 fully saturated rings. The molecule has 0 atom stereocenters. The van der Waals surface area contributed by atoms with E-state index >= 15 is 0 Å². The van der Waals surface area contributed by atoms with Crippen molar-refractivity contribution in [2.24, 2.45) is 0 Å². The monoisotopic (exact) mass is 487 g/mol. The molecule has 33 heavy (non-hydrogen) atoms. The van der Waals surface area contributed by atoms with E-state index in [1.54, 1.807) is 24.3 Å². The van der Waals surface area contributed by atoms with Gasteiger partial charge in [-0.25, -0.2) is 22.2 Å². The van der Waals surface area contributed by atoms with Gasteiger partial charge in [0.25, 0.3) is 9.84 Å². The molecule has 1 heterocycles. The van der Waals surface area contributed by atoms with Crippen LogP contribution in [0.1, 0.15) is 18.2 Å². The summed E-state index contributed by atoms with van der Waals surface area (Å²) in [6.45, 7) is 1.69. The smallest absolute Gasteiger partial charge is 0.383 e. The Balaban J connectivity index is 1.81. The fourth-order valence-corrected chi connectivity index (χ4v) is 4.03. The van der Waals surface area contributed by atoms with Gasteiger partial charge in [-0.2, -0.15) is 18.2 Å². The minimum Gasteiger partial charge on any atom is -0.383 e. The van der Waals surface area contributed by atoms with Gasteiger partial charge in [0.1, 0.15) is 22.3 Å². The molecular weight excluding hydrogens is 469 g/mol. The lowest BCUT2D eigenvalue weighted by Gasteiger charge is -2.13. The Kier molecular flexibility index (Phi) is 6.45. The minimum atomic E-state index is -6.16. The van der Waals surface area contributed by atoms with Crippen LogP contribution in [0.15, 0.2) is 41.3 Å². The number of nitrogens with zero attached hydrogens (tertiary/aromatic N) is 2. The fourth-order valence-electron chi connectivity index (χ4n) is 3.16. The number of nitrogens with two attached hydrogens (primary N) is 2. The normalized spacial score (nSPS) is 12.1. The van der Waals surface area contributed by atoms with Crippen molar-refractivity contribution in [3.8, 4) is 11.1 Å². The van der Waals surface area contributed by atoms with Crippen molar-refractivity contribution in [1.82, 2.24) is 9.97 Å². The molecule has 0 aliphatic heterocycles. The molecule has 0 aliphatic rings. The van der Waals surface area contributed by atoms with Crippen LogP contribution in [0.25, 0.3) is 11.1 Å². The molecule has 0 radical (unpaired) electrons. The van der Waals surface area contributed by atoms with Gasteiger partial charge in [-0.05, 0) is 41.8 Å². The van der Waals surface area contributed by atoms with Crippen LogP contribution < -0.4 is 16.8 Å². The minimum absolute atomic E-state index is 0.0555. The van der Waals surface area contributed by atoms with Crippen LogP contribution in [0.3, 0.4) is 0 Å². The Morgan fingerprint density at radius 2 is 1.58 bits per heavy atom. The molecular formula is C20H18F5N5O2S. The summed E-state index contributed by atoms with van der Waals surface area (Å²) in [5.74, 6) is -3.39. The zero-order valence-corrected chi connectivity index (χ0v) is 17.9. The van der Waals surface area contributed by atoms with Crippen molar-refractivity contribution < 1.29 is 30.4 Å². The second-order valence-electron chi connectivity index (χ2n) is 6.91. The fraction of sp³-hybridized carbons (Fsp3) is 0.200. The van der Waals surface area contributed by atoms with Gasteiger partial charge in [0.15, 0.2) is 0 Å². The Hall–Kier alpha value is -3.48. The molecule has 5 N–H and O–H groups in total. The van der Waals surface area contributed by atoms with Gasteiger partial charge in [0.2, 0.25) is 5.95 Å². The van der Waals surface area contributed by atoms with Crippen LogP contribution in [0.5, 0.6) is 0 Å². The number of rotatable bonds is 6. The lowest BCUT2D eigenvalue weighted by Crippen LogP contribution is -2.25. The number of alkyl halides is 3. The van der Waals surface area contributed by atoms with Crippen LogP contribution in [-0.4, -0.2) is 23.9 Å². The van der Waals surface area contributed by atoms with E-state index in [9.17, 15) is 30.4 Å². The number of hydrogen-bond acceptors (Lipinski definition) is 7. The van der Waals surface area contributed by atoms with Crippen LogP contribution in [0.2, 0.25) is 0 Å². The van der Waals surface area contributed by atoms with Crippen molar-refractivity contribution in [3.05, 3.63) is 59.3 Å². The number of sulfone groups is 1. The maximum Gasteiger partial charge on any atom is 0.502 e. The lowest BCUT2D eigenvalue weighted by atomic mass is 10.0. The van der Waals surface area contributed by atoms with E-state index in [-0.39, 0.29) is 23.9 Å². The first-order valence-corrected chi connectivity index (χ1v) is 10.9. The summed E-state index contributed by atoms with van der Waals surface area (Å²) in [5, 5.41) is 2.85. The van der Waals surface area contributed by atoms with Gasteiger partial charge in [-0.1, -0.05) is 19.1 Å². The number of hydrogen-bond donors (Lipinski definition) is 3. The summed E-state index contributed by atoms with van der Waals surface area (Å²) in [7, 11) is -6.16. The topological polar surface area (TPSA) is 124 Å². The zero-order valence-electron chi connectivity index (χ0n) is 17.0. The highest BCUT2D eigenvalue weighted by Gasteiger charge is 2.49. The Morgan fingerprint density at radius 1 is 1.00 bits per heavy atom. The SMILES string of the molecule is CCc1nc(N)nc(N)c1-c1ccc(NCc2cc(F)c(S(=O)(=O)C(F)(F)F)c(F)c2)cc1.